The molecule has 1 heterocycles. The van der Waals surface area contributed by atoms with E-state index in [0.29, 0.717) is 22.6 Å². The van der Waals surface area contributed by atoms with Crippen molar-refractivity contribution in [3.8, 4) is 22.6 Å². The topological polar surface area (TPSA) is 38.7 Å². The molecule has 0 saturated carbocycles. The highest BCUT2D eigenvalue weighted by molar-refractivity contribution is 5.77. The molecule has 3 aromatic carbocycles. The lowest BCUT2D eigenvalue weighted by Gasteiger charge is -2.36. The van der Waals surface area contributed by atoms with Crippen LogP contribution in [0.4, 0.5) is 0 Å². The Morgan fingerprint density at radius 3 is 2.39 bits per heavy atom. The lowest BCUT2D eigenvalue weighted by molar-refractivity contribution is -0.110. The fourth-order valence-corrected chi connectivity index (χ4v) is 3.04. The maximum Gasteiger partial charge on any atom is 0.262 e. The van der Waals surface area contributed by atoms with Crippen molar-refractivity contribution in [2.24, 2.45) is 0 Å². The minimum absolute atomic E-state index is 0.663. The van der Waals surface area contributed by atoms with Gasteiger partial charge in [-0.15, -0.1) is 0 Å². The van der Waals surface area contributed by atoms with Gasteiger partial charge in [0.05, 0.1) is 7.11 Å². The first-order valence-electron chi connectivity index (χ1n) is 7.47. The van der Waals surface area contributed by atoms with Gasteiger partial charge >= 0.3 is 0 Å². The minimum atomic E-state index is -1.54. The fourth-order valence-electron chi connectivity index (χ4n) is 3.04. The number of hydrogen-bond donors (Lipinski definition) is 1. The number of rotatable bonds is 2. The maximum atomic E-state index is 11.4. The first-order valence-corrected chi connectivity index (χ1v) is 7.47. The van der Waals surface area contributed by atoms with Crippen molar-refractivity contribution in [3.05, 3.63) is 83.9 Å². The van der Waals surface area contributed by atoms with Crippen molar-refractivity contribution in [3.63, 3.8) is 0 Å². The first-order chi connectivity index (χ1) is 11.2. The Morgan fingerprint density at radius 1 is 0.870 bits per heavy atom. The summed E-state index contributed by atoms with van der Waals surface area (Å²) >= 11 is 0. The number of ether oxygens (including phenoxy) is 2. The van der Waals surface area contributed by atoms with E-state index in [2.05, 4.69) is 0 Å². The summed E-state index contributed by atoms with van der Waals surface area (Å²) in [5.74, 6) is -0.197. The summed E-state index contributed by atoms with van der Waals surface area (Å²) in [5, 5.41) is 11.4. The molecule has 0 amide bonds. The van der Waals surface area contributed by atoms with Crippen molar-refractivity contribution in [1.82, 2.24) is 0 Å². The van der Waals surface area contributed by atoms with Gasteiger partial charge in [0.2, 0.25) is 0 Å². The van der Waals surface area contributed by atoms with Gasteiger partial charge in [-0.1, -0.05) is 54.6 Å². The maximum absolute atomic E-state index is 11.4. The Balaban J connectivity index is 2.01. The number of para-hydroxylation sites is 1. The molecule has 0 aliphatic carbocycles. The molecular formula is C20H16O3. The zero-order chi connectivity index (χ0) is 15.9. The molecule has 114 valence electrons. The normalized spacial score (nSPS) is 18.5. The highest BCUT2D eigenvalue weighted by Crippen LogP contribution is 2.47. The van der Waals surface area contributed by atoms with Crippen LogP contribution in [-0.2, 0) is 5.79 Å². The van der Waals surface area contributed by atoms with Crippen LogP contribution in [-0.4, -0.2) is 12.2 Å². The predicted molar refractivity (Wildman–Crippen MR) is 88.5 cm³/mol. The van der Waals surface area contributed by atoms with Crippen LogP contribution in [0.1, 0.15) is 11.1 Å². The van der Waals surface area contributed by atoms with Crippen molar-refractivity contribution in [2.75, 3.05) is 7.11 Å². The highest BCUT2D eigenvalue weighted by Gasteiger charge is 2.41. The molecule has 1 atom stereocenters. The van der Waals surface area contributed by atoms with Gasteiger partial charge < -0.3 is 14.6 Å². The molecule has 23 heavy (non-hydrogen) atoms. The predicted octanol–water partition coefficient (Wildman–Crippen LogP) is 3.95. The average Bonchev–Trinajstić information content (AvgIpc) is 2.62. The largest absolute Gasteiger partial charge is 0.497 e. The molecule has 4 rings (SSSR count). The van der Waals surface area contributed by atoms with Crippen LogP contribution < -0.4 is 9.47 Å². The van der Waals surface area contributed by atoms with Crippen molar-refractivity contribution in [1.29, 1.82) is 0 Å². The molecule has 3 nitrogen and oxygen atoms in total. The SMILES string of the molecule is COc1ccc2c(c1)C(O)(c1ccccc1)Oc1ccccc1-2. The Morgan fingerprint density at radius 2 is 1.61 bits per heavy atom. The number of aliphatic hydroxyl groups is 1. The van der Waals surface area contributed by atoms with E-state index >= 15 is 0 Å². The smallest absolute Gasteiger partial charge is 0.262 e. The number of fused-ring (bicyclic) bond motifs is 3. The van der Waals surface area contributed by atoms with E-state index < -0.39 is 5.79 Å². The molecule has 0 spiro atoms. The Bertz CT molecular complexity index is 858. The summed E-state index contributed by atoms with van der Waals surface area (Å²) in [6.45, 7) is 0. The fraction of sp³-hybridized carbons (Fsp3) is 0.100. The van der Waals surface area contributed by atoms with Gasteiger partial charge in [-0.05, 0) is 23.8 Å². The third-order valence-electron chi connectivity index (χ3n) is 4.19. The second kappa shape index (κ2) is 5.14. The third-order valence-corrected chi connectivity index (χ3v) is 4.19. The molecule has 1 N–H and O–H groups in total. The molecular weight excluding hydrogens is 288 g/mol. The van der Waals surface area contributed by atoms with Crippen LogP contribution in [0.5, 0.6) is 11.5 Å². The number of benzene rings is 3. The van der Waals surface area contributed by atoms with Gasteiger partial charge in [0.15, 0.2) is 0 Å². The summed E-state index contributed by atoms with van der Waals surface area (Å²) < 4.78 is 11.4. The average molecular weight is 304 g/mol. The molecule has 3 heteroatoms. The second-order valence-corrected chi connectivity index (χ2v) is 5.52. The second-order valence-electron chi connectivity index (χ2n) is 5.52. The molecule has 1 aliphatic rings. The number of methoxy groups -OCH3 is 1. The van der Waals surface area contributed by atoms with Crippen LogP contribution >= 0.6 is 0 Å². The Hall–Kier alpha value is -2.78. The third kappa shape index (κ3) is 2.09. The van der Waals surface area contributed by atoms with E-state index in [4.69, 9.17) is 9.47 Å². The number of hydrogen-bond acceptors (Lipinski definition) is 3. The Kier molecular flexibility index (Phi) is 3.10. The molecule has 0 fully saturated rings. The quantitative estimate of drug-likeness (QED) is 0.779. The summed E-state index contributed by atoms with van der Waals surface area (Å²) in [5.41, 5.74) is 3.27. The van der Waals surface area contributed by atoms with E-state index in [0.717, 1.165) is 11.1 Å². The monoisotopic (exact) mass is 304 g/mol. The van der Waals surface area contributed by atoms with Crippen molar-refractivity contribution < 1.29 is 14.6 Å². The van der Waals surface area contributed by atoms with E-state index in [1.54, 1.807) is 7.11 Å². The van der Waals surface area contributed by atoms with Gasteiger partial charge in [0, 0.05) is 16.7 Å². The standard InChI is InChI=1S/C20H16O3/c1-22-15-11-12-16-17-9-5-6-10-19(17)23-20(21,18(16)13-15)14-7-3-2-4-8-14/h2-13,21H,1H3. The highest BCUT2D eigenvalue weighted by atomic mass is 16.6. The van der Waals surface area contributed by atoms with E-state index in [-0.39, 0.29) is 0 Å². The zero-order valence-electron chi connectivity index (χ0n) is 12.7. The van der Waals surface area contributed by atoms with Crippen LogP contribution in [0.2, 0.25) is 0 Å². The lowest BCUT2D eigenvalue weighted by Crippen LogP contribution is -2.37. The lowest BCUT2D eigenvalue weighted by atomic mass is 9.87. The van der Waals surface area contributed by atoms with Gasteiger partial charge in [0.25, 0.3) is 5.79 Å². The van der Waals surface area contributed by atoms with E-state index in [9.17, 15) is 5.11 Å². The molecule has 1 aliphatic heterocycles. The van der Waals surface area contributed by atoms with Gasteiger partial charge in [0.1, 0.15) is 11.5 Å². The van der Waals surface area contributed by atoms with Crippen molar-refractivity contribution >= 4 is 0 Å². The molecule has 0 saturated heterocycles. The van der Waals surface area contributed by atoms with Crippen molar-refractivity contribution in [2.45, 2.75) is 5.79 Å². The van der Waals surface area contributed by atoms with E-state index in [1.807, 2.05) is 72.8 Å². The first kappa shape index (κ1) is 13.9. The van der Waals surface area contributed by atoms with Crippen LogP contribution in [0.25, 0.3) is 11.1 Å². The van der Waals surface area contributed by atoms with Crippen LogP contribution in [0, 0.1) is 0 Å². The summed E-state index contributed by atoms with van der Waals surface area (Å²) in [4.78, 5) is 0. The summed E-state index contributed by atoms with van der Waals surface area (Å²) in [6.07, 6.45) is 0. The molecule has 0 radical (unpaired) electrons. The molecule has 0 aromatic heterocycles. The molecule has 0 bridgehead atoms. The molecule has 3 aromatic rings. The van der Waals surface area contributed by atoms with Gasteiger partial charge in [-0.25, -0.2) is 0 Å². The zero-order valence-corrected chi connectivity index (χ0v) is 12.7. The van der Waals surface area contributed by atoms with E-state index in [1.165, 1.54) is 0 Å². The van der Waals surface area contributed by atoms with Gasteiger partial charge in [-0.2, -0.15) is 0 Å². The summed E-state index contributed by atoms with van der Waals surface area (Å²) in [7, 11) is 1.61. The minimum Gasteiger partial charge on any atom is -0.497 e. The van der Waals surface area contributed by atoms with Crippen LogP contribution in [0.15, 0.2) is 72.8 Å². The van der Waals surface area contributed by atoms with Gasteiger partial charge in [-0.3, -0.25) is 0 Å². The Labute approximate surface area is 134 Å². The molecule has 1 unspecified atom stereocenters. The summed E-state index contributed by atoms with van der Waals surface area (Å²) in [6, 6.07) is 22.8. The van der Waals surface area contributed by atoms with Crippen LogP contribution in [0.3, 0.4) is 0 Å².